The second-order valence-electron chi connectivity index (χ2n) is 6.73. The molecule has 2 heterocycles. The standard InChI is InChI=1S/C20H20FN3OS/c1-13-3-2-4-16(11-13)22-19(25)14-7-9-24(10-8-14)20-23-17-6-5-15(21)12-18(17)26-20/h2-6,11-12,14H,7-10H2,1H3,(H,22,25). The molecule has 1 N–H and O–H groups in total. The highest BCUT2D eigenvalue weighted by Crippen LogP contribution is 2.32. The predicted molar refractivity (Wildman–Crippen MR) is 104 cm³/mol. The average molecular weight is 369 g/mol. The molecule has 0 unspecified atom stereocenters. The Balaban J connectivity index is 1.39. The van der Waals surface area contributed by atoms with Crippen molar-refractivity contribution < 1.29 is 9.18 Å². The normalized spacial score (nSPS) is 15.4. The Morgan fingerprint density at radius 1 is 1.23 bits per heavy atom. The number of aryl methyl sites for hydroxylation is 1. The summed E-state index contributed by atoms with van der Waals surface area (Å²) in [6.07, 6.45) is 1.59. The van der Waals surface area contributed by atoms with Gasteiger partial charge in [0, 0.05) is 24.7 Å². The molecule has 3 aromatic rings. The van der Waals surface area contributed by atoms with Crippen molar-refractivity contribution in [2.75, 3.05) is 23.3 Å². The predicted octanol–water partition coefficient (Wildman–Crippen LogP) is 4.60. The average Bonchev–Trinajstić information content (AvgIpc) is 3.05. The van der Waals surface area contributed by atoms with Crippen LogP contribution in [0.4, 0.5) is 15.2 Å². The molecule has 4 nitrogen and oxygen atoms in total. The van der Waals surface area contributed by atoms with Crippen LogP contribution in [0.25, 0.3) is 10.2 Å². The summed E-state index contributed by atoms with van der Waals surface area (Å²) in [6, 6.07) is 12.5. The highest BCUT2D eigenvalue weighted by molar-refractivity contribution is 7.22. The van der Waals surface area contributed by atoms with E-state index < -0.39 is 0 Å². The molecule has 1 aliphatic heterocycles. The molecule has 0 spiro atoms. The van der Waals surface area contributed by atoms with Gasteiger partial charge >= 0.3 is 0 Å². The number of carbonyl (C=O) groups excluding carboxylic acids is 1. The first-order valence-corrected chi connectivity index (χ1v) is 9.59. The van der Waals surface area contributed by atoms with E-state index in [1.807, 2.05) is 31.2 Å². The lowest BCUT2D eigenvalue weighted by molar-refractivity contribution is -0.120. The van der Waals surface area contributed by atoms with Gasteiger partial charge in [0.15, 0.2) is 5.13 Å². The fourth-order valence-corrected chi connectivity index (χ4v) is 4.36. The number of benzene rings is 2. The molecule has 4 rings (SSSR count). The second kappa shape index (κ2) is 7.03. The smallest absolute Gasteiger partial charge is 0.227 e. The van der Waals surface area contributed by atoms with E-state index in [1.165, 1.54) is 23.5 Å². The summed E-state index contributed by atoms with van der Waals surface area (Å²) in [6.45, 7) is 3.58. The lowest BCUT2D eigenvalue weighted by atomic mass is 9.96. The van der Waals surface area contributed by atoms with E-state index in [9.17, 15) is 9.18 Å². The molecule has 1 aliphatic rings. The number of fused-ring (bicyclic) bond motifs is 1. The summed E-state index contributed by atoms with van der Waals surface area (Å²) in [5.74, 6) is -0.139. The van der Waals surface area contributed by atoms with Gasteiger partial charge in [0.2, 0.25) is 5.91 Å². The number of hydrogen-bond acceptors (Lipinski definition) is 4. The summed E-state index contributed by atoms with van der Waals surface area (Å²) in [4.78, 5) is 19.3. The number of aromatic nitrogens is 1. The Hall–Kier alpha value is -2.47. The number of anilines is 2. The zero-order valence-corrected chi connectivity index (χ0v) is 15.4. The van der Waals surface area contributed by atoms with Crippen LogP contribution in [-0.2, 0) is 4.79 Å². The van der Waals surface area contributed by atoms with Crippen LogP contribution in [0.3, 0.4) is 0 Å². The molecular formula is C20H20FN3OS. The lowest BCUT2D eigenvalue weighted by Crippen LogP contribution is -2.38. The Morgan fingerprint density at radius 3 is 2.81 bits per heavy atom. The minimum Gasteiger partial charge on any atom is -0.348 e. The van der Waals surface area contributed by atoms with Gasteiger partial charge in [-0.25, -0.2) is 9.37 Å². The third-order valence-corrected chi connectivity index (χ3v) is 5.84. The Kier molecular flexibility index (Phi) is 4.59. The topological polar surface area (TPSA) is 45.2 Å². The van der Waals surface area contributed by atoms with Crippen LogP contribution in [0.1, 0.15) is 18.4 Å². The van der Waals surface area contributed by atoms with Crippen LogP contribution in [0, 0.1) is 18.7 Å². The van der Waals surface area contributed by atoms with Gasteiger partial charge in [-0.3, -0.25) is 4.79 Å². The van der Waals surface area contributed by atoms with Crippen molar-refractivity contribution in [1.82, 2.24) is 4.98 Å². The Labute approximate surface area is 155 Å². The summed E-state index contributed by atoms with van der Waals surface area (Å²) < 4.78 is 14.2. The van der Waals surface area contributed by atoms with E-state index >= 15 is 0 Å². The van der Waals surface area contributed by atoms with E-state index in [-0.39, 0.29) is 17.6 Å². The van der Waals surface area contributed by atoms with E-state index in [0.717, 1.165) is 52.5 Å². The number of nitrogens with one attached hydrogen (secondary N) is 1. The number of hydrogen-bond donors (Lipinski definition) is 1. The number of piperidine rings is 1. The van der Waals surface area contributed by atoms with Crippen molar-refractivity contribution in [2.24, 2.45) is 5.92 Å². The van der Waals surface area contributed by atoms with E-state index in [0.29, 0.717) is 0 Å². The van der Waals surface area contributed by atoms with Crippen molar-refractivity contribution in [3.05, 3.63) is 53.8 Å². The van der Waals surface area contributed by atoms with Crippen LogP contribution < -0.4 is 10.2 Å². The number of carbonyl (C=O) groups is 1. The van der Waals surface area contributed by atoms with Gasteiger partial charge in [0.25, 0.3) is 0 Å². The lowest BCUT2D eigenvalue weighted by Gasteiger charge is -2.31. The molecule has 1 aromatic heterocycles. The van der Waals surface area contributed by atoms with E-state index in [2.05, 4.69) is 15.2 Å². The summed E-state index contributed by atoms with van der Waals surface area (Å²) in [5, 5.41) is 3.93. The zero-order valence-electron chi connectivity index (χ0n) is 14.5. The summed E-state index contributed by atoms with van der Waals surface area (Å²) >= 11 is 1.51. The molecule has 1 fully saturated rings. The van der Waals surface area contributed by atoms with Gasteiger partial charge in [0.05, 0.1) is 10.2 Å². The number of halogens is 1. The molecule has 0 saturated carbocycles. The minimum atomic E-state index is -0.237. The summed E-state index contributed by atoms with van der Waals surface area (Å²) in [7, 11) is 0. The largest absolute Gasteiger partial charge is 0.348 e. The molecule has 134 valence electrons. The zero-order chi connectivity index (χ0) is 18.1. The van der Waals surface area contributed by atoms with Gasteiger partial charge in [-0.05, 0) is 55.7 Å². The number of thiazole rings is 1. The Morgan fingerprint density at radius 2 is 2.04 bits per heavy atom. The molecule has 1 amide bonds. The van der Waals surface area contributed by atoms with Crippen LogP contribution >= 0.6 is 11.3 Å². The summed E-state index contributed by atoms with van der Waals surface area (Å²) in [5.41, 5.74) is 2.81. The third kappa shape index (κ3) is 3.55. The van der Waals surface area contributed by atoms with Crippen LogP contribution in [0.15, 0.2) is 42.5 Å². The van der Waals surface area contributed by atoms with Crippen LogP contribution in [-0.4, -0.2) is 24.0 Å². The van der Waals surface area contributed by atoms with Gasteiger partial charge in [0.1, 0.15) is 5.82 Å². The van der Waals surface area contributed by atoms with Crippen LogP contribution in [0.2, 0.25) is 0 Å². The van der Waals surface area contributed by atoms with Gasteiger partial charge in [-0.2, -0.15) is 0 Å². The molecule has 0 bridgehead atoms. The molecule has 6 heteroatoms. The van der Waals surface area contributed by atoms with Crippen molar-refractivity contribution in [3.63, 3.8) is 0 Å². The first-order valence-electron chi connectivity index (χ1n) is 8.77. The first-order chi connectivity index (χ1) is 12.6. The SMILES string of the molecule is Cc1cccc(NC(=O)C2CCN(c3nc4ccc(F)cc4s3)CC2)c1. The highest BCUT2D eigenvalue weighted by atomic mass is 32.1. The fourth-order valence-electron chi connectivity index (χ4n) is 3.32. The molecule has 0 atom stereocenters. The van der Waals surface area contributed by atoms with Gasteiger partial charge < -0.3 is 10.2 Å². The molecule has 26 heavy (non-hydrogen) atoms. The molecule has 0 aliphatic carbocycles. The maximum Gasteiger partial charge on any atom is 0.227 e. The minimum absolute atomic E-state index is 0.0126. The van der Waals surface area contributed by atoms with Crippen molar-refractivity contribution in [2.45, 2.75) is 19.8 Å². The first kappa shape index (κ1) is 17.0. The van der Waals surface area contributed by atoms with Crippen molar-refractivity contribution in [1.29, 1.82) is 0 Å². The Bertz CT molecular complexity index is 947. The quantitative estimate of drug-likeness (QED) is 0.734. The third-order valence-electron chi connectivity index (χ3n) is 4.76. The number of amides is 1. The van der Waals surface area contributed by atoms with E-state index in [1.54, 1.807) is 6.07 Å². The molecular weight excluding hydrogens is 349 g/mol. The fraction of sp³-hybridized carbons (Fsp3) is 0.300. The maximum atomic E-state index is 13.4. The molecule has 1 saturated heterocycles. The number of rotatable bonds is 3. The monoisotopic (exact) mass is 369 g/mol. The van der Waals surface area contributed by atoms with Crippen LogP contribution in [0.5, 0.6) is 0 Å². The highest BCUT2D eigenvalue weighted by Gasteiger charge is 2.26. The van der Waals surface area contributed by atoms with Gasteiger partial charge in [-0.15, -0.1) is 0 Å². The maximum absolute atomic E-state index is 13.4. The molecule has 2 aromatic carbocycles. The van der Waals surface area contributed by atoms with Crippen molar-refractivity contribution >= 4 is 38.3 Å². The van der Waals surface area contributed by atoms with Gasteiger partial charge in [-0.1, -0.05) is 23.5 Å². The van der Waals surface area contributed by atoms with Crippen molar-refractivity contribution in [3.8, 4) is 0 Å². The number of nitrogens with zero attached hydrogens (tertiary/aromatic N) is 2. The molecule has 0 radical (unpaired) electrons. The second-order valence-corrected chi connectivity index (χ2v) is 7.74. The van der Waals surface area contributed by atoms with E-state index in [4.69, 9.17) is 0 Å².